The van der Waals surface area contributed by atoms with Gasteiger partial charge in [-0.3, -0.25) is 0 Å². The molecule has 1 aromatic heterocycles. The first kappa shape index (κ1) is 16.2. The molecule has 0 saturated carbocycles. The summed E-state index contributed by atoms with van der Waals surface area (Å²) in [5.74, 6) is 0. The van der Waals surface area contributed by atoms with Crippen LogP contribution in [0, 0.1) is 0 Å². The first-order valence-electron chi connectivity index (χ1n) is 7.81. The van der Waals surface area contributed by atoms with E-state index in [1.165, 1.54) is 34.8 Å². The average molecular weight is 311 g/mol. The second-order valence-corrected chi connectivity index (χ2v) is 6.77. The Morgan fingerprint density at radius 2 is 2.24 bits per heavy atom. The summed E-state index contributed by atoms with van der Waals surface area (Å²) >= 11 is 1.84. The molecule has 1 atom stereocenters. The van der Waals surface area contributed by atoms with Crippen molar-refractivity contribution in [3.63, 3.8) is 0 Å². The number of aromatic nitrogens is 1. The van der Waals surface area contributed by atoms with Crippen molar-refractivity contribution in [2.24, 2.45) is 0 Å². The van der Waals surface area contributed by atoms with Gasteiger partial charge in [-0.05, 0) is 45.4 Å². The van der Waals surface area contributed by atoms with Crippen molar-refractivity contribution < 1.29 is 9.90 Å². The van der Waals surface area contributed by atoms with Crippen molar-refractivity contribution in [1.82, 2.24) is 15.6 Å². The van der Waals surface area contributed by atoms with Gasteiger partial charge in [-0.25, -0.2) is 9.78 Å². The molecule has 6 heteroatoms. The summed E-state index contributed by atoms with van der Waals surface area (Å²) in [4.78, 5) is 17.8. The molecule has 0 radical (unpaired) electrons. The topological polar surface area (TPSA) is 74.2 Å². The molecule has 0 aliphatic heterocycles. The van der Waals surface area contributed by atoms with Crippen LogP contribution >= 0.6 is 11.3 Å². The highest BCUT2D eigenvalue weighted by Gasteiger charge is 2.14. The molecular weight excluding hydrogens is 286 g/mol. The van der Waals surface area contributed by atoms with Gasteiger partial charge < -0.3 is 15.7 Å². The Bertz CT molecular complexity index is 438. The predicted molar refractivity (Wildman–Crippen MR) is 84.8 cm³/mol. The fourth-order valence-electron chi connectivity index (χ4n) is 2.49. The summed E-state index contributed by atoms with van der Waals surface area (Å²) in [6, 6.07) is -0.157. The standard InChI is InChI=1S/C15H25N3O2S/c1-11(8-10-19)17-15(20)16-9-4-7-14-18-12-5-2-3-6-13(12)21-14/h11,19H,2-10H2,1H3,(H2,16,17,20)/t11-/m1/s1. The third-order valence-electron chi connectivity index (χ3n) is 3.68. The molecule has 0 unspecified atom stereocenters. The minimum atomic E-state index is -0.158. The first-order valence-corrected chi connectivity index (χ1v) is 8.63. The summed E-state index contributed by atoms with van der Waals surface area (Å²) in [6.45, 7) is 2.63. The minimum Gasteiger partial charge on any atom is -0.396 e. The van der Waals surface area contributed by atoms with Crippen molar-refractivity contribution in [3.8, 4) is 0 Å². The zero-order valence-electron chi connectivity index (χ0n) is 12.7. The maximum atomic E-state index is 11.6. The Kier molecular flexibility index (Phi) is 6.45. The molecule has 2 rings (SSSR count). The van der Waals surface area contributed by atoms with Crippen molar-refractivity contribution in [3.05, 3.63) is 15.6 Å². The number of rotatable bonds is 7. The molecule has 1 aromatic rings. The van der Waals surface area contributed by atoms with E-state index in [0.717, 1.165) is 19.3 Å². The van der Waals surface area contributed by atoms with Gasteiger partial charge in [0.25, 0.3) is 0 Å². The van der Waals surface area contributed by atoms with Gasteiger partial charge in [0.1, 0.15) is 0 Å². The first-order chi connectivity index (χ1) is 10.2. The highest BCUT2D eigenvalue weighted by molar-refractivity contribution is 7.11. The molecule has 1 aliphatic carbocycles. The fraction of sp³-hybridized carbons (Fsp3) is 0.733. The van der Waals surface area contributed by atoms with Crippen LogP contribution in [0.3, 0.4) is 0 Å². The second-order valence-electron chi connectivity index (χ2n) is 5.60. The molecule has 2 amide bonds. The number of hydrogen-bond acceptors (Lipinski definition) is 4. The van der Waals surface area contributed by atoms with Crippen LogP contribution < -0.4 is 10.6 Å². The molecule has 0 spiro atoms. The SMILES string of the molecule is C[C@H](CCO)NC(=O)NCCCc1nc2c(s1)CCCC2. The zero-order valence-corrected chi connectivity index (χ0v) is 13.5. The van der Waals surface area contributed by atoms with Gasteiger partial charge in [0.05, 0.1) is 10.7 Å². The van der Waals surface area contributed by atoms with Crippen molar-refractivity contribution >= 4 is 17.4 Å². The van der Waals surface area contributed by atoms with E-state index in [0.29, 0.717) is 13.0 Å². The lowest BCUT2D eigenvalue weighted by atomic mass is 10.0. The van der Waals surface area contributed by atoms with Gasteiger partial charge in [0.15, 0.2) is 0 Å². The summed E-state index contributed by atoms with van der Waals surface area (Å²) in [6.07, 6.45) is 7.31. The van der Waals surface area contributed by atoms with E-state index in [2.05, 4.69) is 10.6 Å². The predicted octanol–water partition coefficient (Wildman–Crippen LogP) is 2.02. The number of nitrogens with one attached hydrogen (secondary N) is 2. The van der Waals surface area contributed by atoms with Crippen LogP contribution in [-0.2, 0) is 19.3 Å². The molecule has 0 bridgehead atoms. The van der Waals surface area contributed by atoms with E-state index >= 15 is 0 Å². The van der Waals surface area contributed by atoms with E-state index in [-0.39, 0.29) is 18.7 Å². The van der Waals surface area contributed by atoms with E-state index in [1.54, 1.807) is 0 Å². The molecule has 1 heterocycles. The number of carbonyl (C=O) groups is 1. The molecule has 0 aromatic carbocycles. The number of urea groups is 1. The van der Waals surface area contributed by atoms with Gasteiger partial charge in [0.2, 0.25) is 0 Å². The van der Waals surface area contributed by atoms with E-state index in [1.807, 2.05) is 18.3 Å². The number of thiazole rings is 1. The number of carbonyl (C=O) groups excluding carboxylic acids is 1. The van der Waals surface area contributed by atoms with Crippen LogP contribution in [0.2, 0.25) is 0 Å². The Balaban J connectivity index is 1.63. The van der Waals surface area contributed by atoms with Crippen LogP contribution in [0.1, 0.15) is 48.2 Å². The number of hydrogen-bond donors (Lipinski definition) is 3. The number of fused-ring (bicyclic) bond motifs is 1. The second kappa shape index (κ2) is 8.34. The van der Waals surface area contributed by atoms with Gasteiger partial charge in [-0.2, -0.15) is 0 Å². The molecule has 0 fully saturated rings. The average Bonchev–Trinajstić information content (AvgIpc) is 2.86. The number of aryl methyl sites for hydroxylation is 3. The van der Waals surface area contributed by atoms with E-state index in [4.69, 9.17) is 10.1 Å². The lowest BCUT2D eigenvalue weighted by Gasteiger charge is -2.13. The van der Waals surface area contributed by atoms with Gasteiger partial charge in [0, 0.05) is 30.5 Å². The van der Waals surface area contributed by atoms with E-state index < -0.39 is 0 Å². The molecular formula is C15H25N3O2S. The van der Waals surface area contributed by atoms with Crippen LogP contribution in [0.4, 0.5) is 4.79 Å². The Morgan fingerprint density at radius 1 is 1.43 bits per heavy atom. The van der Waals surface area contributed by atoms with Crippen LogP contribution in [0.15, 0.2) is 0 Å². The van der Waals surface area contributed by atoms with Crippen LogP contribution in [-0.4, -0.2) is 35.3 Å². The quantitative estimate of drug-likeness (QED) is 0.675. The normalized spacial score (nSPS) is 15.3. The van der Waals surface area contributed by atoms with Crippen molar-refractivity contribution in [1.29, 1.82) is 0 Å². The van der Waals surface area contributed by atoms with Gasteiger partial charge in [-0.1, -0.05) is 0 Å². The minimum absolute atomic E-state index is 0.000637. The largest absolute Gasteiger partial charge is 0.396 e. The molecule has 21 heavy (non-hydrogen) atoms. The highest BCUT2D eigenvalue weighted by Crippen LogP contribution is 2.27. The number of aliphatic hydroxyl groups excluding tert-OH is 1. The number of nitrogens with zero attached hydrogens (tertiary/aromatic N) is 1. The third-order valence-corrected chi connectivity index (χ3v) is 4.90. The maximum Gasteiger partial charge on any atom is 0.314 e. The Morgan fingerprint density at radius 3 is 3.00 bits per heavy atom. The molecule has 0 saturated heterocycles. The number of amides is 2. The third kappa shape index (κ3) is 5.28. The monoisotopic (exact) mass is 311 g/mol. The lowest BCUT2D eigenvalue weighted by molar-refractivity contribution is 0.231. The Labute approximate surface area is 130 Å². The smallest absolute Gasteiger partial charge is 0.314 e. The van der Waals surface area contributed by atoms with Crippen molar-refractivity contribution in [2.45, 2.75) is 57.9 Å². The summed E-state index contributed by atoms with van der Waals surface area (Å²) in [5, 5.41) is 15.6. The van der Waals surface area contributed by atoms with Crippen LogP contribution in [0.5, 0.6) is 0 Å². The van der Waals surface area contributed by atoms with Gasteiger partial charge in [-0.15, -0.1) is 11.3 Å². The van der Waals surface area contributed by atoms with E-state index in [9.17, 15) is 4.79 Å². The maximum absolute atomic E-state index is 11.6. The van der Waals surface area contributed by atoms with Crippen molar-refractivity contribution in [2.75, 3.05) is 13.2 Å². The van der Waals surface area contributed by atoms with Gasteiger partial charge >= 0.3 is 6.03 Å². The summed E-state index contributed by atoms with van der Waals surface area (Å²) in [7, 11) is 0. The fourth-order valence-corrected chi connectivity index (χ4v) is 3.69. The molecule has 118 valence electrons. The lowest BCUT2D eigenvalue weighted by Crippen LogP contribution is -2.41. The summed E-state index contributed by atoms with van der Waals surface area (Å²) < 4.78 is 0. The zero-order chi connectivity index (χ0) is 15.1. The molecule has 5 nitrogen and oxygen atoms in total. The summed E-state index contributed by atoms with van der Waals surface area (Å²) in [5.41, 5.74) is 1.31. The highest BCUT2D eigenvalue weighted by atomic mass is 32.1. The Hall–Kier alpha value is -1.14. The molecule has 3 N–H and O–H groups in total. The van der Waals surface area contributed by atoms with Crippen LogP contribution in [0.25, 0.3) is 0 Å². The molecule has 1 aliphatic rings. The number of aliphatic hydroxyl groups is 1.